The molecule has 114 valence electrons. The van der Waals surface area contributed by atoms with Crippen molar-refractivity contribution >= 4 is 12.1 Å². The molecule has 0 aliphatic carbocycles. The number of carbonyl (C=O) groups excluding carboxylic acids is 1. The van der Waals surface area contributed by atoms with Crippen LogP contribution in [-0.4, -0.2) is 29.3 Å². The standard InChI is InChI=1S/C17H24N2O2/c1-12(2)10-18-19-15(13(3)4)16(17(19)20)21-11-14-8-6-5-7-9-14/h5-10,12-13,15-16H,11H2,1-4H3/b18-10-/t15-,16-/m0/s1. The van der Waals surface area contributed by atoms with Crippen molar-refractivity contribution in [2.24, 2.45) is 16.9 Å². The quantitative estimate of drug-likeness (QED) is 0.596. The van der Waals surface area contributed by atoms with E-state index in [1.165, 1.54) is 0 Å². The van der Waals surface area contributed by atoms with Crippen molar-refractivity contribution in [2.75, 3.05) is 0 Å². The molecule has 1 heterocycles. The molecule has 1 aliphatic rings. The van der Waals surface area contributed by atoms with Crippen LogP contribution >= 0.6 is 0 Å². The van der Waals surface area contributed by atoms with Crippen LogP contribution in [0.2, 0.25) is 0 Å². The van der Waals surface area contributed by atoms with Gasteiger partial charge in [-0.3, -0.25) is 4.79 Å². The minimum atomic E-state index is -0.380. The second kappa shape index (κ2) is 6.85. The number of hydrogen-bond donors (Lipinski definition) is 0. The van der Waals surface area contributed by atoms with Crippen molar-refractivity contribution in [1.82, 2.24) is 5.01 Å². The van der Waals surface area contributed by atoms with Gasteiger partial charge in [-0.15, -0.1) is 0 Å². The monoisotopic (exact) mass is 288 g/mol. The third-order valence-corrected chi connectivity index (χ3v) is 3.51. The summed E-state index contributed by atoms with van der Waals surface area (Å²) in [6, 6.07) is 9.94. The maximum Gasteiger partial charge on any atom is 0.274 e. The van der Waals surface area contributed by atoms with Crippen molar-refractivity contribution in [3.05, 3.63) is 35.9 Å². The van der Waals surface area contributed by atoms with Crippen LogP contribution in [-0.2, 0) is 16.1 Å². The predicted molar refractivity (Wildman–Crippen MR) is 83.8 cm³/mol. The molecule has 21 heavy (non-hydrogen) atoms. The molecule has 0 spiro atoms. The Morgan fingerprint density at radius 3 is 2.48 bits per heavy atom. The van der Waals surface area contributed by atoms with Crippen LogP contribution < -0.4 is 0 Å². The van der Waals surface area contributed by atoms with Crippen LogP contribution in [0.15, 0.2) is 35.4 Å². The van der Waals surface area contributed by atoms with Crippen LogP contribution in [0.25, 0.3) is 0 Å². The lowest BCUT2D eigenvalue weighted by Gasteiger charge is -2.45. The van der Waals surface area contributed by atoms with Crippen molar-refractivity contribution in [1.29, 1.82) is 0 Å². The Morgan fingerprint density at radius 2 is 1.90 bits per heavy atom. The van der Waals surface area contributed by atoms with Gasteiger partial charge in [0.2, 0.25) is 0 Å². The van der Waals surface area contributed by atoms with Crippen molar-refractivity contribution in [2.45, 2.75) is 46.4 Å². The Kier molecular flexibility index (Phi) is 5.12. The van der Waals surface area contributed by atoms with Gasteiger partial charge in [0.1, 0.15) is 0 Å². The van der Waals surface area contributed by atoms with Crippen molar-refractivity contribution in [3.8, 4) is 0 Å². The molecule has 1 aromatic carbocycles. The van der Waals surface area contributed by atoms with Crippen LogP contribution in [0.4, 0.5) is 0 Å². The molecule has 1 amide bonds. The first-order chi connectivity index (χ1) is 10.0. The molecule has 2 atom stereocenters. The van der Waals surface area contributed by atoms with Crippen LogP contribution in [0.3, 0.4) is 0 Å². The van der Waals surface area contributed by atoms with Gasteiger partial charge in [-0.25, -0.2) is 5.01 Å². The van der Waals surface area contributed by atoms with Gasteiger partial charge in [0.15, 0.2) is 6.10 Å². The molecule has 4 heteroatoms. The largest absolute Gasteiger partial charge is 0.361 e. The highest BCUT2D eigenvalue weighted by Gasteiger charge is 2.50. The molecule has 0 radical (unpaired) electrons. The first-order valence-electron chi connectivity index (χ1n) is 7.53. The number of ether oxygens (including phenoxy) is 1. The van der Waals surface area contributed by atoms with Gasteiger partial charge < -0.3 is 4.74 Å². The van der Waals surface area contributed by atoms with Gasteiger partial charge in [0, 0.05) is 6.21 Å². The summed E-state index contributed by atoms with van der Waals surface area (Å²) in [5, 5.41) is 5.87. The van der Waals surface area contributed by atoms with E-state index in [1.54, 1.807) is 11.2 Å². The molecule has 1 aromatic rings. The van der Waals surface area contributed by atoms with Gasteiger partial charge in [0.05, 0.1) is 12.6 Å². The summed E-state index contributed by atoms with van der Waals surface area (Å²) in [6.07, 6.45) is 1.43. The molecule has 0 bridgehead atoms. The Balaban J connectivity index is 1.98. The number of carbonyl (C=O) groups is 1. The van der Waals surface area contributed by atoms with Gasteiger partial charge in [-0.2, -0.15) is 5.10 Å². The SMILES string of the molecule is CC(C)/C=N\N1C(=O)[C@@H](OCc2ccccc2)[C@@H]1C(C)C. The average molecular weight is 288 g/mol. The van der Waals surface area contributed by atoms with Gasteiger partial charge in [0.25, 0.3) is 5.91 Å². The topological polar surface area (TPSA) is 41.9 Å². The average Bonchev–Trinajstić information content (AvgIpc) is 2.44. The number of benzene rings is 1. The maximum absolute atomic E-state index is 12.2. The van der Waals surface area contributed by atoms with Crippen molar-refractivity contribution < 1.29 is 9.53 Å². The van der Waals surface area contributed by atoms with E-state index in [9.17, 15) is 4.79 Å². The first kappa shape index (κ1) is 15.7. The molecular formula is C17H24N2O2. The first-order valence-corrected chi connectivity index (χ1v) is 7.53. The Hall–Kier alpha value is -1.68. The summed E-state index contributed by atoms with van der Waals surface area (Å²) in [5.41, 5.74) is 1.08. The highest BCUT2D eigenvalue weighted by Crippen LogP contribution is 2.30. The zero-order valence-electron chi connectivity index (χ0n) is 13.2. The van der Waals surface area contributed by atoms with Gasteiger partial charge in [-0.05, 0) is 17.4 Å². The normalized spacial score (nSPS) is 22.4. The molecule has 0 saturated carbocycles. The minimum absolute atomic E-state index is 0.0243. The summed E-state index contributed by atoms with van der Waals surface area (Å²) in [4.78, 5) is 12.2. The van der Waals surface area contributed by atoms with Crippen molar-refractivity contribution in [3.63, 3.8) is 0 Å². The second-order valence-corrected chi connectivity index (χ2v) is 6.14. The van der Waals surface area contributed by atoms with Gasteiger partial charge in [-0.1, -0.05) is 58.0 Å². The van der Waals surface area contributed by atoms with E-state index in [1.807, 2.05) is 44.2 Å². The zero-order valence-corrected chi connectivity index (χ0v) is 13.2. The number of hydrazone groups is 1. The van der Waals surface area contributed by atoms with E-state index < -0.39 is 0 Å². The second-order valence-electron chi connectivity index (χ2n) is 6.14. The van der Waals surface area contributed by atoms with E-state index >= 15 is 0 Å². The number of β-lactam (4-membered cyclic amide) rings is 1. The minimum Gasteiger partial charge on any atom is -0.361 e. The Labute approximate surface area is 126 Å². The lowest BCUT2D eigenvalue weighted by Crippen LogP contribution is -2.65. The maximum atomic E-state index is 12.2. The van der Waals surface area contributed by atoms with E-state index in [0.717, 1.165) is 5.56 Å². The predicted octanol–water partition coefficient (Wildman–Crippen LogP) is 3.08. The lowest BCUT2D eigenvalue weighted by atomic mass is 9.90. The molecular weight excluding hydrogens is 264 g/mol. The summed E-state index contributed by atoms with van der Waals surface area (Å²) >= 11 is 0. The lowest BCUT2D eigenvalue weighted by molar-refractivity contribution is -0.180. The fraction of sp³-hybridized carbons (Fsp3) is 0.529. The molecule has 0 aromatic heterocycles. The molecule has 0 unspecified atom stereocenters. The number of nitrogens with zero attached hydrogens (tertiary/aromatic N) is 2. The van der Waals surface area contributed by atoms with Gasteiger partial charge >= 0.3 is 0 Å². The molecule has 2 rings (SSSR count). The smallest absolute Gasteiger partial charge is 0.274 e. The summed E-state index contributed by atoms with van der Waals surface area (Å²) in [6.45, 7) is 8.73. The van der Waals surface area contributed by atoms with E-state index in [-0.39, 0.29) is 18.1 Å². The summed E-state index contributed by atoms with van der Waals surface area (Å²) < 4.78 is 5.82. The third kappa shape index (κ3) is 3.70. The molecule has 1 aliphatic heterocycles. The van der Waals surface area contributed by atoms with Crippen LogP contribution in [0, 0.1) is 11.8 Å². The fourth-order valence-corrected chi connectivity index (χ4v) is 2.37. The van der Waals surface area contributed by atoms with E-state index in [4.69, 9.17) is 4.74 Å². The zero-order chi connectivity index (χ0) is 15.4. The molecule has 4 nitrogen and oxygen atoms in total. The highest BCUT2D eigenvalue weighted by molar-refractivity contribution is 5.89. The number of amides is 1. The van der Waals surface area contributed by atoms with E-state index in [0.29, 0.717) is 18.4 Å². The fourth-order valence-electron chi connectivity index (χ4n) is 2.37. The van der Waals surface area contributed by atoms with Crippen LogP contribution in [0.1, 0.15) is 33.3 Å². The number of rotatable bonds is 6. The Bertz CT molecular complexity index is 497. The molecule has 1 fully saturated rings. The summed E-state index contributed by atoms with van der Waals surface area (Å²) in [7, 11) is 0. The third-order valence-electron chi connectivity index (χ3n) is 3.51. The summed E-state index contributed by atoms with van der Waals surface area (Å²) in [5.74, 6) is 0.601. The van der Waals surface area contributed by atoms with Crippen LogP contribution in [0.5, 0.6) is 0 Å². The number of hydrogen-bond acceptors (Lipinski definition) is 3. The Morgan fingerprint density at radius 1 is 1.24 bits per heavy atom. The van der Waals surface area contributed by atoms with E-state index in [2.05, 4.69) is 18.9 Å². The molecule has 1 saturated heterocycles. The highest BCUT2D eigenvalue weighted by atomic mass is 16.5. The molecule has 0 N–H and O–H groups in total.